The average molecular weight is 266 g/mol. The van der Waals surface area contributed by atoms with E-state index in [1.165, 1.54) is 0 Å². The summed E-state index contributed by atoms with van der Waals surface area (Å²) in [6, 6.07) is 5.09. The second kappa shape index (κ2) is 7.29. The average Bonchev–Trinajstić information content (AvgIpc) is 2.84. The van der Waals surface area contributed by atoms with E-state index in [1.54, 1.807) is 24.3 Å². The summed E-state index contributed by atoms with van der Waals surface area (Å²) in [5, 5.41) is 3.01. The molecule has 0 amide bonds. The number of benzene rings is 1. The van der Waals surface area contributed by atoms with Crippen LogP contribution in [0.1, 0.15) is 10.4 Å². The number of aldehydes is 1. The predicted octanol–water partition coefficient (Wildman–Crippen LogP) is 1.23. The van der Waals surface area contributed by atoms with Gasteiger partial charge in [0.05, 0.1) is 0 Å². The van der Waals surface area contributed by atoms with Crippen LogP contribution in [0.2, 0.25) is 0 Å². The lowest BCUT2D eigenvalue weighted by molar-refractivity contribution is 0.112. The molecule has 2 rings (SSSR count). The second-order valence-corrected chi connectivity index (χ2v) is 3.70. The zero-order valence-corrected chi connectivity index (χ0v) is 10.5. The van der Waals surface area contributed by atoms with E-state index in [-0.39, 0.29) is 6.79 Å². The number of ether oxygens (including phenoxy) is 2. The predicted molar refractivity (Wildman–Crippen MR) is 72.9 cm³/mol. The van der Waals surface area contributed by atoms with E-state index in [0.29, 0.717) is 28.7 Å². The van der Waals surface area contributed by atoms with Crippen LogP contribution in [-0.4, -0.2) is 24.7 Å². The van der Waals surface area contributed by atoms with E-state index in [2.05, 4.69) is 24.1 Å². The molecule has 18 heavy (non-hydrogen) atoms. The third-order valence-corrected chi connectivity index (χ3v) is 2.10. The minimum Gasteiger partial charge on any atom is -0.454 e. The molecular formula is C12H14N2O3S. The molecule has 96 valence electrons. The molecule has 0 saturated heterocycles. The number of nitrogens with two attached hydrogens (primary N) is 1. The van der Waals surface area contributed by atoms with Gasteiger partial charge >= 0.3 is 0 Å². The van der Waals surface area contributed by atoms with Gasteiger partial charge in [-0.05, 0) is 30.4 Å². The Bertz CT molecular complexity index is 449. The zero-order chi connectivity index (χ0) is 13.4. The lowest BCUT2D eigenvalue weighted by Crippen LogP contribution is -2.28. The van der Waals surface area contributed by atoms with Crippen molar-refractivity contribution in [1.82, 2.24) is 5.32 Å². The monoisotopic (exact) mass is 266 g/mol. The molecule has 0 spiro atoms. The van der Waals surface area contributed by atoms with Crippen molar-refractivity contribution in [3.63, 3.8) is 0 Å². The summed E-state index contributed by atoms with van der Waals surface area (Å²) in [6.07, 6.45) is 2.47. The molecule has 0 aliphatic carbocycles. The standard InChI is InChI=1S/C8H6O3.C4H8N2S/c9-4-6-1-2-7-8(3-6)11-5-10-7;1-2-3-6-4(5)7/h1-4H,5H2;2H,1,3H2,(H3,5,6,7). The van der Waals surface area contributed by atoms with Crippen LogP contribution in [0.4, 0.5) is 0 Å². The zero-order valence-electron chi connectivity index (χ0n) is 9.72. The molecular weight excluding hydrogens is 252 g/mol. The maximum Gasteiger partial charge on any atom is 0.231 e. The van der Waals surface area contributed by atoms with Gasteiger partial charge in [-0.3, -0.25) is 4.79 Å². The molecule has 1 heterocycles. The third kappa shape index (κ3) is 4.42. The number of thiocarbonyl (C=S) groups is 1. The Morgan fingerprint density at radius 1 is 1.50 bits per heavy atom. The first-order valence-electron chi connectivity index (χ1n) is 5.16. The number of carbonyl (C=O) groups excluding carboxylic acids is 1. The van der Waals surface area contributed by atoms with Crippen molar-refractivity contribution >= 4 is 23.6 Å². The van der Waals surface area contributed by atoms with Crippen LogP contribution in [-0.2, 0) is 0 Å². The molecule has 1 aromatic carbocycles. The van der Waals surface area contributed by atoms with Crippen LogP contribution in [0.3, 0.4) is 0 Å². The molecule has 0 fully saturated rings. The molecule has 1 aliphatic rings. The minimum absolute atomic E-state index is 0.248. The van der Waals surface area contributed by atoms with Gasteiger partial charge in [-0.15, -0.1) is 6.58 Å². The fourth-order valence-electron chi connectivity index (χ4n) is 1.16. The highest BCUT2D eigenvalue weighted by atomic mass is 32.1. The van der Waals surface area contributed by atoms with Gasteiger partial charge in [0.2, 0.25) is 6.79 Å². The lowest BCUT2D eigenvalue weighted by atomic mass is 10.2. The number of fused-ring (bicyclic) bond motifs is 1. The second-order valence-electron chi connectivity index (χ2n) is 3.26. The van der Waals surface area contributed by atoms with Crippen molar-refractivity contribution in [1.29, 1.82) is 0 Å². The summed E-state index contributed by atoms with van der Waals surface area (Å²) in [7, 11) is 0. The third-order valence-electron chi connectivity index (χ3n) is 1.95. The maximum atomic E-state index is 10.3. The van der Waals surface area contributed by atoms with Crippen LogP contribution in [0.25, 0.3) is 0 Å². The largest absolute Gasteiger partial charge is 0.454 e. The van der Waals surface area contributed by atoms with Gasteiger partial charge in [0.25, 0.3) is 0 Å². The summed E-state index contributed by atoms with van der Waals surface area (Å²) < 4.78 is 10.1. The van der Waals surface area contributed by atoms with Gasteiger partial charge in [0, 0.05) is 12.1 Å². The van der Waals surface area contributed by atoms with Crippen LogP contribution in [0, 0.1) is 0 Å². The Morgan fingerprint density at radius 2 is 2.22 bits per heavy atom. The van der Waals surface area contributed by atoms with Gasteiger partial charge < -0.3 is 20.5 Å². The fraction of sp³-hybridized carbons (Fsp3) is 0.167. The number of hydrogen-bond donors (Lipinski definition) is 2. The number of hydrogen-bond acceptors (Lipinski definition) is 4. The first-order valence-corrected chi connectivity index (χ1v) is 5.57. The molecule has 0 saturated carbocycles. The molecule has 3 N–H and O–H groups in total. The Kier molecular flexibility index (Phi) is 5.66. The molecule has 0 bridgehead atoms. The molecule has 0 unspecified atom stereocenters. The van der Waals surface area contributed by atoms with E-state index in [1.807, 2.05) is 0 Å². The lowest BCUT2D eigenvalue weighted by Gasteiger charge is -1.94. The van der Waals surface area contributed by atoms with Crippen molar-refractivity contribution in [2.24, 2.45) is 5.73 Å². The van der Waals surface area contributed by atoms with Crippen LogP contribution >= 0.6 is 12.2 Å². The van der Waals surface area contributed by atoms with E-state index < -0.39 is 0 Å². The van der Waals surface area contributed by atoms with Gasteiger partial charge in [-0.2, -0.15) is 0 Å². The topological polar surface area (TPSA) is 73.6 Å². The number of rotatable bonds is 3. The maximum absolute atomic E-state index is 10.3. The fourth-order valence-corrected chi connectivity index (χ4v) is 1.24. The highest BCUT2D eigenvalue weighted by molar-refractivity contribution is 7.80. The summed E-state index contributed by atoms with van der Waals surface area (Å²) in [4.78, 5) is 10.3. The number of nitrogens with one attached hydrogen (secondary N) is 1. The minimum atomic E-state index is 0.248. The van der Waals surface area contributed by atoms with Crippen LogP contribution in [0.5, 0.6) is 11.5 Å². The molecule has 0 aromatic heterocycles. The van der Waals surface area contributed by atoms with E-state index >= 15 is 0 Å². The van der Waals surface area contributed by atoms with Crippen molar-refractivity contribution in [2.75, 3.05) is 13.3 Å². The highest BCUT2D eigenvalue weighted by Crippen LogP contribution is 2.31. The van der Waals surface area contributed by atoms with Crippen molar-refractivity contribution in [2.45, 2.75) is 0 Å². The van der Waals surface area contributed by atoms with Crippen LogP contribution in [0.15, 0.2) is 30.9 Å². The molecule has 5 nitrogen and oxygen atoms in total. The molecule has 0 radical (unpaired) electrons. The van der Waals surface area contributed by atoms with E-state index in [0.717, 1.165) is 6.29 Å². The van der Waals surface area contributed by atoms with Crippen molar-refractivity contribution in [3.05, 3.63) is 36.4 Å². The van der Waals surface area contributed by atoms with Gasteiger partial charge in [0.1, 0.15) is 6.29 Å². The van der Waals surface area contributed by atoms with Crippen molar-refractivity contribution in [3.8, 4) is 11.5 Å². The van der Waals surface area contributed by atoms with E-state index in [4.69, 9.17) is 15.2 Å². The summed E-state index contributed by atoms with van der Waals surface area (Å²) in [5.41, 5.74) is 5.66. The van der Waals surface area contributed by atoms with Gasteiger partial charge in [-0.25, -0.2) is 0 Å². The summed E-state index contributed by atoms with van der Waals surface area (Å²) in [6.45, 7) is 4.35. The Labute approximate surface area is 111 Å². The smallest absolute Gasteiger partial charge is 0.231 e. The normalized spacial score (nSPS) is 10.9. The number of carbonyl (C=O) groups is 1. The Morgan fingerprint density at radius 3 is 2.78 bits per heavy atom. The van der Waals surface area contributed by atoms with E-state index in [9.17, 15) is 4.79 Å². The summed E-state index contributed by atoms with van der Waals surface area (Å²) in [5.74, 6) is 1.35. The van der Waals surface area contributed by atoms with Gasteiger partial charge in [-0.1, -0.05) is 6.08 Å². The quantitative estimate of drug-likeness (QED) is 0.487. The van der Waals surface area contributed by atoms with Gasteiger partial charge in [0.15, 0.2) is 16.6 Å². The first kappa shape index (κ1) is 14.0. The Balaban J connectivity index is 0.000000203. The highest BCUT2D eigenvalue weighted by Gasteiger charge is 2.12. The molecule has 0 atom stereocenters. The summed E-state index contributed by atoms with van der Waals surface area (Å²) >= 11 is 4.48. The SMILES string of the molecule is C=CCNC(N)=S.O=Cc1ccc2c(c1)OCO2. The van der Waals surface area contributed by atoms with Crippen molar-refractivity contribution < 1.29 is 14.3 Å². The molecule has 1 aliphatic heterocycles. The van der Waals surface area contributed by atoms with Crippen LogP contribution < -0.4 is 20.5 Å². The first-order chi connectivity index (χ1) is 8.67. The molecule has 6 heteroatoms. The Hall–Kier alpha value is -2.08. The molecule has 1 aromatic rings.